The van der Waals surface area contributed by atoms with Gasteiger partial charge in [-0.25, -0.2) is 9.59 Å². The van der Waals surface area contributed by atoms with Crippen LogP contribution in [0.5, 0.6) is 0 Å². The third-order valence-electron chi connectivity index (χ3n) is 7.25. The monoisotopic (exact) mass is 524 g/mol. The fraction of sp³-hybridized carbons (Fsp3) is 0.840. The van der Waals surface area contributed by atoms with Crippen LogP contribution in [0.25, 0.3) is 0 Å². The molecule has 0 bridgehead atoms. The molecule has 3 aliphatic rings. The highest BCUT2D eigenvalue weighted by molar-refractivity contribution is 5.86. The average Bonchev–Trinajstić information content (AvgIpc) is 3.16. The SMILES string of the molecule is CC(C)(C)OC(=O)N1CCC(CCN2CC(CN3CCN(CCCC(=O)O)CC3)OC2=O)CC1C(=N)N. The lowest BCUT2D eigenvalue weighted by atomic mass is 9.88. The van der Waals surface area contributed by atoms with Crippen LogP contribution in [0, 0.1) is 11.3 Å². The number of amides is 2. The molecule has 0 aromatic rings. The van der Waals surface area contributed by atoms with Gasteiger partial charge in [0.1, 0.15) is 17.5 Å². The smallest absolute Gasteiger partial charge is 0.410 e. The fourth-order valence-electron chi connectivity index (χ4n) is 5.26. The Bertz CT molecular complexity index is 825. The Morgan fingerprint density at radius 1 is 1.14 bits per heavy atom. The topological polar surface area (TPSA) is 153 Å². The van der Waals surface area contributed by atoms with Crippen LogP contribution in [0.15, 0.2) is 0 Å². The first-order valence-electron chi connectivity index (χ1n) is 13.4. The molecule has 0 spiro atoms. The molecule has 0 aromatic heterocycles. The maximum atomic E-state index is 12.6. The standard InChI is InChI=1S/C25H44N6O6/c1-25(2,3)37-24(35)31-10-7-18(15-20(31)22(26)27)6-9-30-17-19(36-23(30)34)16-29-13-11-28(12-14-29)8-4-5-21(32)33/h18-20H,4-17H2,1-3H3,(H3,26,27)(H,32,33). The van der Waals surface area contributed by atoms with Crippen LogP contribution in [-0.2, 0) is 14.3 Å². The molecular weight excluding hydrogens is 480 g/mol. The number of likely N-dealkylation sites (tertiary alicyclic amines) is 1. The average molecular weight is 525 g/mol. The number of aliphatic carboxylic acids is 1. The molecule has 3 rings (SSSR count). The van der Waals surface area contributed by atoms with Gasteiger partial charge in [-0.1, -0.05) is 0 Å². The van der Waals surface area contributed by atoms with Gasteiger partial charge in [0.25, 0.3) is 0 Å². The molecule has 0 radical (unpaired) electrons. The minimum atomic E-state index is -0.754. The van der Waals surface area contributed by atoms with Gasteiger partial charge in [0.15, 0.2) is 0 Å². The van der Waals surface area contributed by atoms with E-state index in [4.69, 9.17) is 25.7 Å². The summed E-state index contributed by atoms with van der Waals surface area (Å²) in [5.41, 5.74) is 5.22. The highest BCUT2D eigenvalue weighted by Gasteiger charge is 2.37. The van der Waals surface area contributed by atoms with Gasteiger partial charge < -0.3 is 30.1 Å². The molecule has 0 saturated carbocycles. The Balaban J connectivity index is 1.39. The Morgan fingerprint density at radius 2 is 1.81 bits per heavy atom. The minimum absolute atomic E-state index is 0.0433. The van der Waals surface area contributed by atoms with Crippen molar-refractivity contribution >= 4 is 24.0 Å². The molecule has 3 atom stereocenters. The molecule has 3 aliphatic heterocycles. The van der Waals surface area contributed by atoms with E-state index in [1.165, 1.54) is 0 Å². The number of hydrogen-bond donors (Lipinski definition) is 3. The highest BCUT2D eigenvalue weighted by atomic mass is 16.6. The quantitative estimate of drug-likeness (QED) is 0.286. The second kappa shape index (κ2) is 12.8. The molecule has 4 N–H and O–H groups in total. The summed E-state index contributed by atoms with van der Waals surface area (Å²) in [6.45, 7) is 12.1. The number of nitrogens with zero attached hydrogens (tertiary/aromatic N) is 4. The van der Waals surface area contributed by atoms with Crippen molar-refractivity contribution in [2.75, 3.05) is 58.9 Å². The predicted molar refractivity (Wildman–Crippen MR) is 138 cm³/mol. The van der Waals surface area contributed by atoms with Gasteiger partial charge >= 0.3 is 18.2 Å². The molecule has 210 valence electrons. The number of carbonyl (C=O) groups is 3. The maximum Gasteiger partial charge on any atom is 0.410 e. The Morgan fingerprint density at radius 3 is 2.43 bits per heavy atom. The van der Waals surface area contributed by atoms with E-state index in [0.717, 1.165) is 45.6 Å². The van der Waals surface area contributed by atoms with Crippen LogP contribution in [0.1, 0.15) is 52.9 Å². The van der Waals surface area contributed by atoms with Crippen LogP contribution in [-0.4, -0.2) is 125 Å². The summed E-state index contributed by atoms with van der Waals surface area (Å²) >= 11 is 0. The lowest BCUT2D eigenvalue weighted by Crippen LogP contribution is -2.53. The van der Waals surface area contributed by atoms with Crippen molar-refractivity contribution in [1.82, 2.24) is 19.6 Å². The Hall–Kier alpha value is -2.60. The third kappa shape index (κ3) is 9.03. The summed E-state index contributed by atoms with van der Waals surface area (Å²) in [6, 6.07) is -0.491. The molecule has 0 aromatic carbocycles. The highest BCUT2D eigenvalue weighted by Crippen LogP contribution is 2.28. The summed E-state index contributed by atoms with van der Waals surface area (Å²) < 4.78 is 11.1. The van der Waals surface area contributed by atoms with Crippen LogP contribution in [0.3, 0.4) is 0 Å². The molecule has 12 heteroatoms. The van der Waals surface area contributed by atoms with Gasteiger partial charge in [-0.3, -0.25) is 20.0 Å². The number of carbonyl (C=O) groups excluding carboxylic acids is 2. The van der Waals surface area contributed by atoms with Crippen molar-refractivity contribution in [3.8, 4) is 0 Å². The summed E-state index contributed by atoms with van der Waals surface area (Å²) in [5.74, 6) is -0.553. The van der Waals surface area contributed by atoms with Gasteiger partial charge in [-0.05, 0) is 58.9 Å². The zero-order valence-electron chi connectivity index (χ0n) is 22.5. The normalized spacial score (nSPS) is 25.7. The zero-order chi connectivity index (χ0) is 27.2. The van der Waals surface area contributed by atoms with E-state index in [1.807, 2.05) is 20.8 Å². The Kier molecular flexibility index (Phi) is 10.00. The summed E-state index contributed by atoms with van der Waals surface area (Å²) in [6.07, 6.45) is 2.09. The predicted octanol–water partition coefficient (Wildman–Crippen LogP) is 1.63. The number of piperidine rings is 1. The second-order valence-corrected chi connectivity index (χ2v) is 11.4. The van der Waals surface area contributed by atoms with E-state index in [9.17, 15) is 14.4 Å². The Labute approximate surface area is 219 Å². The van der Waals surface area contributed by atoms with Gasteiger partial charge in [0.2, 0.25) is 0 Å². The maximum absolute atomic E-state index is 12.6. The van der Waals surface area contributed by atoms with Crippen LogP contribution >= 0.6 is 0 Å². The summed E-state index contributed by atoms with van der Waals surface area (Å²) in [4.78, 5) is 43.7. The second-order valence-electron chi connectivity index (χ2n) is 11.4. The molecule has 3 unspecified atom stereocenters. The third-order valence-corrected chi connectivity index (χ3v) is 7.25. The number of hydrogen-bond acceptors (Lipinski definition) is 8. The molecule has 3 saturated heterocycles. The number of carboxylic acids is 1. The van der Waals surface area contributed by atoms with Crippen molar-refractivity contribution in [3.05, 3.63) is 0 Å². The molecule has 3 heterocycles. The number of rotatable bonds is 10. The van der Waals surface area contributed by atoms with Gasteiger partial charge in [0, 0.05) is 52.2 Å². The minimum Gasteiger partial charge on any atom is -0.481 e. The first-order valence-corrected chi connectivity index (χ1v) is 13.4. The lowest BCUT2D eigenvalue weighted by molar-refractivity contribution is -0.137. The van der Waals surface area contributed by atoms with E-state index in [0.29, 0.717) is 39.0 Å². The zero-order valence-corrected chi connectivity index (χ0v) is 22.5. The van der Waals surface area contributed by atoms with Crippen LogP contribution in [0.2, 0.25) is 0 Å². The molecule has 3 fully saturated rings. The van der Waals surface area contributed by atoms with E-state index >= 15 is 0 Å². The molecule has 37 heavy (non-hydrogen) atoms. The largest absolute Gasteiger partial charge is 0.481 e. The first kappa shape index (κ1) is 29.0. The van der Waals surface area contributed by atoms with Crippen molar-refractivity contribution < 1.29 is 29.0 Å². The number of carboxylic acid groups (broad SMARTS) is 1. The van der Waals surface area contributed by atoms with Gasteiger partial charge in [0.05, 0.1) is 12.6 Å². The lowest BCUT2D eigenvalue weighted by Gasteiger charge is -2.39. The fourth-order valence-corrected chi connectivity index (χ4v) is 5.26. The number of nitrogens with two attached hydrogens (primary N) is 1. The van der Waals surface area contributed by atoms with Crippen LogP contribution in [0.4, 0.5) is 9.59 Å². The summed E-state index contributed by atoms with van der Waals surface area (Å²) in [5, 5.41) is 16.8. The van der Waals surface area contributed by atoms with Crippen molar-refractivity contribution in [1.29, 1.82) is 5.41 Å². The van der Waals surface area contributed by atoms with E-state index < -0.39 is 23.7 Å². The number of cyclic esters (lactones) is 1. The van der Waals surface area contributed by atoms with Crippen molar-refractivity contribution in [2.24, 2.45) is 11.7 Å². The number of ether oxygens (including phenoxy) is 2. The molecule has 0 aliphatic carbocycles. The van der Waals surface area contributed by atoms with E-state index in [-0.39, 0.29) is 30.4 Å². The van der Waals surface area contributed by atoms with Gasteiger partial charge in [-0.15, -0.1) is 0 Å². The first-order chi connectivity index (χ1) is 17.4. The van der Waals surface area contributed by atoms with Gasteiger partial charge in [-0.2, -0.15) is 0 Å². The van der Waals surface area contributed by atoms with Crippen molar-refractivity contribution in [3.63, 3.8) is 0 Å². The van der Waals surface area contributed by atoms with Crippen LogP contribution < -0.4 is 5.73 Å². The number of piperazine rings is 1. The molecule has 2 amide bonds. The molecule has 12 nitrogen and oxygen atoms in total. The number of amidine groups is 1. The van der Waals surface area contributed by atoms with E-state index in [1.54, 1.807) is 9.80 Å². The number of nitrogens with one attached hydrogen (secondary N) is 1. The molecular formula is C25H44N6O6. The van der Waals surface area contributed by atoms with Crippen molar-refractivity contribution in [2.45, 2.75) is 70.6 Å². The summed E-state index contributed by atoms with van der Waals surface area (Å²) in [7, 11) is 0. The van der Waals surface area contributed by atoms with E-state index in [2.05, 4.69) is 9.80 Å².